The zero-order chi connectivity index (χ0) is 8.69. The van der Waals surface area contributed by atoms with Crippen molar-refractivity contribution in [1.29, 1.82) is 5.26 Å². The van der Waals surface area contributed by atoms with Crippen molar-refractivity contribution in [3.05, 3.63) is 0 Å². The number of carbonyl (C=O) groups excluding carboxylic acids is 1. The molecule has 62 valence electrons. The molecule has 0 aliphatic carbocycles. The van der Waals surface area contributed by atoms with Crippen LogP contribution in [0.5, 0.6) is 0 Å². The number of nitrogens with zero attached hydrogens (tertiary/aromatic N) is 2. The van der Waals surface area contributed by atoms with Crippen LogP contribution in [0.1, 0.15) is 20.3 Å². The molecule has 0 aromatic carbocycles. The fraction of sp³-hybridized carbons (Fsp3) is 0.714. The van der Waals surface area contributed by atoms with Gasteiger partial charge in [0.05, 0.1) is 6.07 Å². The lowest BCUT2D eigenvalue weighted by molar-refractivity contribution is -0.187. The highest BCUT2D eigenvalue weighted by Crippen LogP contribution is 1.91. The Labute approximate surface area is 66.3 Å². The summed E-state index contributed by atoms with van der Waals surface area (Å²) in [5.74, 6) is -0.490. The maximum absolute atomic E-state index is 10.7. The summed E-state index contributed by atoms with van der Waals surface area (Å²) in [6.45, 7) is 5.05. The Balaban J connectivity index is 3.64. The van der Waals surface area contributed by atoms with E-state index < -0.39 is 5.97 Å². The van der Waals surface area contributed by atoms with Gasteiger partial charge in [0.25, 0.3) is 0 Å². The number of carbonyl (C=O) groups is 1. The average Bonchev–Trinajstić information content (AvgIpc) is 2.01. The van der Waals surface area contributed by atoms with E-state index in [-0.39, 0.29) is 6.42 Å². The lowest BCUT2D eigenvalue weighted by Crippen LogP contribution is -2.26. The van der Waals surface area contributed by atoms with Gasteiger partial charge >= 0.3 is 5.97 Å². The molecule has 0 N–H and O–H groups in total. The zero-order valence-corrected chi connectivity index (χ0v) is 6.83. The molecular formula is C7H12N2O2. The molecule has 0 aromatic rings. The number of hydrogen-bond donors (Lipinski definition) is 0. The van der Waals surface area contributed by atoms with Crippen LogP contribution in [-0.4, -0.2) is 24.1 Å². The predicted octanol–water partition coefficient (Wildman–Crippen LogP) is 0.700. The Bertz CT molecular complexity index is 158. The Morgan fingerprint density at radius 3 is 2.45 bits per heavy atom. The molecule has 0 spiro atoms. The van der Waals surface area contributed by atoms with E-state index in [1.807, 2.05) is 13.8 Å². The van der Waals surface area contributed by atoms with Crippen LogP contribution in [0, 0.1) is 11.3 Å². The molecule has 0 amide bonds. The SMILES string of the molecule is CCN(CC)OC(=O)CC#N. The first-order chi connectivity index (χ1) is 5.24. The van der Waals surface area contributed by atoms with E-state index in [1.165, 1.54) is 5.06 Å². The van der Waals surface area contributed by atoms with Crippen molar-refractivity contribution < 1.29 is 9.63 Å². The smallest absolute Gasteiger partial charge is 0.339 e. The topological polar surface area (TPSA) is 53.3 Å². The molecule has 4 heteroatoms. The van der Waals surface area contributed by atoms with Crippen LogP contribution in [0.25, 0.3) is 0 Å². The Kier molecular flexibility index (Phi) is 5.13. The molecule has 0 atom stereocenters. The van der Waals surface area contributed by atoms with E-state index >= 15 is 0 Å². The van der Waals surface area contributed by atoms with Crippen LogP contribution in [0.15, 0.2) is 0 Å². The quantitative estimate of drug-likeness (QED) is 0.562. The van der Waals surface area contributed by atoms with E-state index in [9.17, 15) is 4.79 Å². The standard InChI is InChI=1S/C7H12N2O2/c1-3-9(4-2)11-7(10)5-6-8/h3-5H2,1-2H3. The van der Waals surface area contributed by atoms with Crippen molar-refractivity contribution in [2.75, 3.05) is 13.1 Å². The van der Waals surface area contributed by atoms with Gasteiger partial charge in [-0.3, -0.25) is 0 Å². The van der Waals surface area contributed by atoms with Gasteiger partial charge in [-0.05, 0) is 13.8 Å². The summed E-state index contributed by atoms with van der Waals surface area (Å²) in [6, 6.07) is 1.72. The summed E-state index contributed by atoms with van der Waals surface area (Å²) in [4.78, 5) is 15.4. The van der Waals surface area contributed by atoms with Crippen LogP contribution in [-0.2, 0) is 9.63 Å². The van der Waals surface area contributed by atoms with Gasteiger partial charge in [-0.15, -0.1) is 5.06 Å². The van der Waals surface area contributed by atoms with Gasteiger partial charge in [0.15, 0.2) is 0 Å². The van der Waals surface area contributed by atoms with Gasteiger partial charge in [-0.1, -0.05) is 0 Å². The number of rotatable bonds is 4. The Morgan fingerprint density at radius 1 is 1.55 bits per heavy atom. The van der Waals surface area contributed by atoms with Gasteiger partial charge in [-0.2, -0.15) is 5.26 Å². The fourth-order valence-electron chi connectivity index (χ4n) is 0.594. The van der Waals surface area contributed by atoms with Gasteiger partial charge in [0, 0.05) is 13.1 Å². The third-order valence-electron chi connectivity index (χ3n) is 1.16. The maximum Gasteiger partial charge on any atom is 0.339 e. The minimum absolute atomic E-state index is 0.184. The first-order valence-corrected chi connectivity index (χ1v) is 3.57. The molecule has 0 rings (SSSR count). The third kappa shape index (κ3) is 4.34. The fourth-order valence-corrected chi connectivity index (χ4v) is 0.594. The van der Waals surface area contributed by atoms with Gasteiger partial charge in [0.1, 0.15) is 6.42 Å². The number of hydroxylamine groups is 2. The summed E-state index contributed by atoms with van der Waals surface area (Å²) >= 11 is 0. The highest BCUT2D eigenvalue weighted by molar-refractivity contribution is 5.71. The summed E-state index contributed by atoms with van der Waals surface area (Å²) < 4.78 is 0. The molecule has 0 aliphatic rings. The number of hydrogen-bond acceptors (Lipinski definition) is 4. The van der Waals surface area contributed by atoms with Crippen molar-refractivity contribution in [2.45, 2.75) is 20.3 Å². The second kappa shape index (κ2) is 5.69. The van der Waals surface area contributed by atoms with Crippen molar-refractivity contribution >= 4 is 5.97 Å². The van der Waals surface area contributed by atoms with Crippen LogP contribution in [0.3, 0.4) is 0 Å². The first kappa shape index (κ1) is 9.92. The normalized spacial score (nSPS) is 9.27. The molecule has 0 fully saturated rings. The van der Waals surface area contributed by atoms with E-state index in [1.54, 1.807) is 6.07 Å². The average molecular weight is 156 g/mol. The highest BCUT2D eigenvalue weighted by atomic mass is 16.7. The minimum atomic E-state index is -0.490. The van der Waals surface area contributed by atoms with Crippen molar-refractivity contribution in [3.8, 4) is 6.07 Å². The molecule has 0 saturated carbocycles. The largest absolute Gasteiger partial charge is 0.367 e. The van der Waals surface area contributed by atoms with Crippen LogP contribution in [0.4, 0.5) is 0 Å². The lowest BCUT2D eigenvalue weighted by atomic mass is 10.5. The van der Waals surface area contributed by atoms with E-state index in [0.717, 1.165) is 0 Å². The predicted molar refractivity (Wildman–Crippen MR) is 39.2 cm³/mol. The molecule has 0 heterocycles. The molecule has 0 aromatic heterocycles. The van der Waals surface area contributed by atoms with Crippen LogP contribution < -0.4 is 0 Å². The van der Waals surface area contributed by atoms with Gasteiger partial charge in [0.2, 0.25) is 0 Å². The highest BCUT2D eigenvalue weighted by Gasteiger charge is 2.06. The zero-order valence-electron chi connectivity index (χ0n) is 6.83. The van der Waals surface area contributed by atoms with Gasteiger partial charge < -0.3 is 4.84 Å². The molecule has 4 nitrogen and oxygen atoms in total. The molecular weight excluding hydrogens is 144 g/mol. The van der Waals surface area contributed by atoms with Crippen molar-refractivity contribution in [2.24, 2.45) is 0 Å². The third-order valence-corrected chi connectivity index (χ3v) is 1.16. The molecule has 0 aliphatic heterocycles. The van der Waals surface area contributed by atoms with Crippen LogP contribution in [0.2, 0.25) is 0 Å². The summed E-state index contributed by atoms with van der Waals surface area (Å²) in [5, 5.41) is 9.63. The first-order valence-electron chi connectivity index (χ1n) is 3.57. The molecule has 11 heavy (non-hydrogen) atoms. The minimum Gasteiger partial charge on any atom is -0.367 e. The van der Waals surface area contributed by atoms with Gasteiger partial charge in [-0.25, -0.2) is 4.79 Å². The molecule has 0 radical (unpaired) electrons. The van der Waals surface area contributed by atoms with Crippen LogP contribution >= 0.6 is 0 Å². The van der Waals surface area contributed by atoms with E-state index in [0.29, 0.717) is 13.1 Å². The summed E-state index contributed by atoms with van der Waals surface area (Å²) in [5.41, 5.74) is 0. The van der Waals surface area contributed by atoms with Crippen molar-refractivity contribution in [3.63, 3.8) is 0 Å². The van der Waals surface area contributed by atoms with Crippen molar-refractivity contribution in [1.82, 2.24) is 5.06 Å². The van der Waals surface area contributed by atoms with E-state index in [4.69, 9.17) is 10.1 Å². The summed E-state index contributed by atoms with van der Waals surface area (Å²) in [6.07, 6.45) is -0.184. The Hall–Kier alpha value is -1.08. The molecule has 0 saturated heterocycles. The van der Waals surface area contributed by atoms with E-state index in [2.05, 4.69) is 0 Å². The number of nitriles is 1. The Morgan fingerprint density at radius 2 is 2.09 bits per heavy atom. The lowest BCUT2D eigenvalue weighted by Gasteiger charge is -2.15. The monoisotopic (exact) mass is 156 g/mol. The maximum atomic E-state index is 10.7. The second-order valence-electron chi connectivity index (χ2n) is 1.91. The molecule has 0 bridgehead atoms. The second-order valence-corrected chi connectivity index (χ2v) is 1.91. The molecule has 0 unspecified atom stereocenters. The summed E-state index contributed by atoms with van der Waals surface area (Å²) in [7, 11) is 0.